The number of rotatable bonds is 5. The number of carbonyl (C=O) groups excluding carboxylic acids is 2. The summed E-state index contributed by atoms with van der Waals surface area (Å²) < 4.78 is 0. The van der Waals surface area contributed by atoms with E-state index in [2.05, 4.69) is 16.7 Å². The smallest absolute Gasteiger partial charge is 0.239 e. The first-order valence-electron chi connectivity index (χ1n) is 7.33. The maximum absolute atomic E-state index is 11.8. The highest BCUT2D eigenvalue weighted by Gasteiger charge is 2.10. The van der Waals surface area contributed by atoms with Gasteiger partial charge in [0.25, 0.3) is 0 Å². The summed E-state index contributed by atoms with van der Waals surface area (Å²) in [5, 5.41) is 5.95. The fourth-order valence-electron chi connectivity index (χ4n) is 2.24. The van der Waals surface area contributed by atoms with E-state index in [1.807, 2.05) is 43.3 Å². The highest BCUT2D eigenvalue weighted by Crippen LogP contribution is 2.31. The monoisotopic (exact) mass is 330 g/mol. The maximum Gasteiger partial charge on any atom is 0.239 e. The molecule has 2 rings (SSSR count). The minimum Gasteiger partial charge on any atom is -0.350 e. The average Bonchev–Trinajstić information content (AvgIpc) is 2.52. The molecule has 0 saturated carbocycles. The van der Waals surface area contributed by atoms with Crippen molar-refractivity contribution in [3.8, 4) is 11.1 Å². The molecule has 0 aromatic heterocycles. The number of carbonyl (C=O) groups is 2. The number of halogens is 1. The summed E-state index contributed by atoms with van der Waals surface area (Å²) in [7, 11) is 0. The van der Waals surface area contributed by atoms with Gasteiger partial charge in [-0.15, -0.1) is 0 Å². The van der Waals surface area contributed by atoms with Crippen LogP contribution in [-0.2, 0) is 16.1 Å². The van der Waals surface area contributed by atoms with Gasteiger partial charge in [0.1, 0.15) is 0 Å². The lowest BCUT2D eigenvalue weighted by molar-refractivity contribution is -0.125. The molecule has 2 amide bonds. The molecule has 0 saturated heterocycles. The summed E-state index contributed by atoms with van der Waals surface area (Å²) in [6.07, 6.45) is 0. The van der Waals surface area contributed by atoms with Gasteiger partial charge in [-0.3, -0.25) is 9.59 Å². The van der Waals surface area contributed by atoms with Gasteiger partial charge in [-0.25, -0.2) is 0 Å². The van der Waals surface area contributed by atoms with Gasteiger partial charge in [0.15, 0.2) is 0 Å². The van der Waals surface area contributed by atoms with Gasteiger partial charge in [-0.05, 0) is 24.1 Å². The molecule has 23 heavy (non-hydrogen) atoms. The predicted molar refractivity (Wildman–Crippen MR) is 92.2 cm³/mol. The van der Waals surface area contributed by atoms with Gasteiger partial charge in [0.05, 0.1) is 6.54 Å². The lowest BCUT2D eigenvalue weighted by Gasteiger charge is -2.13. The molecule has 120 valence electrons. The van der Waals surface area contributed by atoms with Gasteiger partial charge in [-0.2, -0.15) is 0 Å². The molecule has 0 fully saturated rings. The molecule has 0 aliphatic carbocycles. The van der Waals surface area contributed by atoms with E-state index in [4.69, 9.17) is 11.6 Å². The quantitative estimate of drug-likeness (QED) is 0.885. The van der Waals surface area contributed by atoms with Crippen LogP contribution in [0.25, 0.3) is 11.1 Å². The third-order valence-corrected chi connectivity index (χ3v) is 3.73. The Bertz CT molecular complexity index is 729. The second-order valence-electron chi connectivity index (χ2n) is 5.33. The molecule has 2 aromatic carbocycles. The van der Waals surface area contributed by atoms with Crippen LogP contribution in [0.2, 0.25) is 5.02 Å². The van der Waals surface area contributed by atoms with E-state index >= 15 is 0 Å². The van der Waals surface area contributed by atoms with Crippen molar-refractivity contribution in [2.45, 2.75) is 20.4 Å². The van der Waals surface area contributed by atoms with Crippen molar-refractivity contribution in [3.05, 3.63) is 58.6 Å². The Balaban J connectivity index is 2.18. The fraction of sp³-hybridized carbons (Fsp3) is 0.222. The van der Waals surface area contributed by atoms with E-state index in [9.17, 15) is 9.59 Å². The molecule has 0 bridgehead atoms. The summed E-state index contributed by atoms with van der Waals surface area (Å²) >= 11 is 6.30. The summed E-state index contributed by atoms with van der Waals surface area (Å²) in [6, 6.07) is 13.6. The number of aryl methyl sites for hydroxylation is 1. The first-order chi connectivity index (χ1) is 11.0. The highest BCUT2D eigenvalue weighted by atomic mass is 35.5. The van der Waals surface area contributed by atoms with E-state index in [0.29, 0.717) is 11.6 Å². The highest BCUT2D eigenvalue weighted by molar-refractivity contribution is 6.33. The molecule has 0 atom stereocenters. The van der Waals surface area contributed by atoms with Gasteiger partial charge < -0.3 is 10.6 Å². The number of benzene rings is 2. The van der Waals surface area contributed by atoms with E-state index in [0.717, 1.165) is 22.3 Å². The van der Waals surface area contributed by atoms with Gasteiger partial charge in [-0.1, -0.05) is 53.6 Å². The standard InChI is InChI=1S/C18H19ClN2O2/c1-12-7-8-14(10-21-18(23)11-20-13(2)22)16(9-12)15-5-3-4-6-17(15)19/h3-9H,10-11H2,1-2H3,(H,20,22)(H,21,23). The van der Waals surface area contributed by atoms with Crippen LogP contribution in [0.1, 0.15) is 18.1 Å². The lowest BCUT2D eigenvalue weighted by atomic mass is 9.97. The van der Waals surface area contributed by atoms with E-state index in [1.54, 1.807) is 0 Å². The van der Waals surface area contributed by atoms with Crippen molar-refractivity contribution in [1.29, 1.82) is 0 Å². The Kier molecular flexibility index (Phi) is 5.77. The predicted octanol–water partition coefficient (Wildman–Crippen LogP) is 3.07. The summed E-state index contributed by atoms with van der Waals surface area (Å²) in [5.41, 5.74) is 4.02. The van der Waals surface area contributed by atoms with Crippen LogP contribution >= 0.6 is 11.6 Å². The van der Waals surface area contributed by atoms with Crippen molar-refractivity contribution in [1.82, 2.24) is 10.6 Å². The van der Waals surface area contributed by atoms with Crippen LogP contribution in [0, 0.1) is 6.92 Å². The number of nitrogens with one attached hydrogen (secondary N) is 2. The SMILES string of the molecule is CC(=O)NCC(=O)NCc1ccc(C)cc1-c1ccccc1Cl. The molecule has 2 aromatic rings. The lowest BCUT2D eigenvalue weighted by Crippen LogP contribution is -2.35. The second-order valence-corrected chi connectivity index (χ2v) is 5.73. The fourth-order valence-corrected chi connectivity index (χ4v) is 2.47. The maximum atomic E-state index is 11.8. The van der Waals surface area contributed by atoms with Gasteiger partial charge in [0.2, 0.25) is 11.8 Å². The molecule has 0 aliphatic heterocycles. The minimum atomic E-state index is -0.231. The van der Waals surface area contributed by atoms with Crippen molar-refractivity contribution < 1.29 is 9.59 Å². The Morgan fingerprint density at radius 1 is 1.04 bits per heavy atom. The Labute approximate surface area is 140 Å². The normalized spacial score (nSPS) is 10.2. The molecule has 2 N–H and O–H groups in total. The average molecular weight is 331 g/mol. The molecule has 0 unspecified atom stereocenters. The van der Waals surface area contributed by atoms with Gasteiger partial charge in [0, 0.05) is 24.1 Å². The molecule has 4 nitrogen and oxygen atoms in total. The zero-order valence-corrected chi connectivity index (χ0v) is 13.9. The van der Waals surface area contributed by atoms with Crippen LogP contribution < -0.4 is 10.6 Å². The van der Waals surface area contributed by atoms with Crippen LogP contribution in [0.4, 0.5) is 0 Å². The van der Waals surface area contributed by atoms with Crippen molar-refractivity contribution in [2.24, 2.45) is 0 Å². The second kappa shape index (κ2) is 7.79. The van der Waals surface area contributed by atoms with Crippen molar-refractivity contribution in [2.75, 3.05) is 6.54 Å². The first-order valence-corrected chi connectivity index (χ1v) is 7.70. The Hall–Kier alpha value is -2.33. The molecule has 0 aliphatic rings. The van der Waals surface area contributed by atoms with Crippen molar-refractivity contribution in [3.63, 3.8) is 0 Å². The van der Waals surface area contributed by atoms with E-state index < -0.39 is 0 Å². The van der Waals surface area contributed by atoms with E-state index in [1.165, 1.54) is 6.92 Å². The number of amides is 2. The summed E-state index contributed by atoms with van der Waals surface area (Å²) in [6.45, 7) is 3.74. The minimum absolute atomic E-state index is 0.0252. The van der Waals surface area contributed by atoms with Crippen LogP contribution in [0.5, 0.6) is 0 Å². The largest absolute Gasteiger partial charge is 0.350 e. The molecule has 0 heterocycles. The summed E-state index contributed by atoms with van der Waals surface area (Å²) in [4.78, 5) is 22.6. The Morgan fingerprint density at radius 2 is 1.78 bits per heavy atom. The van der Waals surface area contributed by atoms with Crippen LogP contribution in [-0.4, -0.2) is 18.4 Å². The third-order valence-electron chi connectivity index (χ3n) is 3.40. The van der Waals surface area contributed by atoms with E-state index in [-0.39, 0.29) is 18.4 Å². The Morgan fingerprint density at radius 3 is 2.48 bits per heavy atom. The zero-order chi connectivity index (χ0) is 16.8. The molecule has 0 spiro atoms. The number of hydrogen-bond acceptors (Lipinski definition) is 2. The zero-order valence-electron chi connectivity index (χ0n) is 13.2. The molecular formula is C18H19ClN2O2. The first kappa shape index (κ1) is 17.0. The van der Waals surface area contributed by atoms with Gasteiger partial charge >= 0.3 is 0 Å². The van der Waals surface area contributed by atoms with Crippen molar-refractivity contribution >= 4 is 23.4 Å². The summed E-state index contributed by atoms with van der Waals surface area (Å²) in [5.74, 6) is -0.460. The molecule has 5 heteroatoms. The van der Waals surface area contributed by atoms with Crippen LogP contribution in [0.15, 0.2) is 42.5 Å². The number of hydrogen-bond donors (Lipinski definition) is 2. The molecular weight excluding hydrogens is 312 g/mol. The topological polar surface area (TPSA) is 58.2 Å². The third kappa shape index (κ3) is 4.83. The van der Waals surface area contributed by atoms with Crippen LogP contribution in [0.3, 0.4) is 0 Å². The molecule has 0 radical (unpaired) electrons.